The summed E-state index contributed by atoms with van der Waals surface area (Å²) in [5.74, 6) is 4.60. The number of rotatable bonds is 5. The second kappa shape index (κ2) is 5.65. The second-order valence-corrected chi connectivity index (χ2v) is 4.18. The van der Waals surface area contributed by atoms with Crippen LogP contribution in [-0.2, 0) is 6.42 Å². The van der Waals surface area contributed by atoms with Gasteiger partial charge in [0.05, 0.1) is 0 Å². The van der Waals surface area contributed by atoms with Crippen molar-refractivity contribution in [2.24, 2.45) is 5.73 Å². The molecule has 0 fully saturated rings. The zero-order valence-corrected chi connectivity index (χ0v) is 10.4. The molecular weight excluding hydrogens is 230 g/mol. The van der Waals surface area contributed by atoms with Crippen LogP contribution in [0.15, 0.2) is 12.1 Å². The van der Waals surface area contributed by atoms with Gasteiger partial charge in [-0.15, -0.1) is 6.42 Å². The van der Waals surface area contributed by atoms with Crippen molar-refractivity contribution in [2.75, 3.05) is 13.4 Å². The molecule has 96 valence electrons. The molecule has 0 saturated carbocycles. The van der Waals surface area contributed by atoms with Crippen LogP contribution in [-0.4, -0.2) is 19.4 Å². The van der Waals surface area contributed by atoms with Gasteiger partial charge in [-0.25, -0.2) is 0 Å². The van der Waals surface area contributed by atoms with Crippen LogP contribution in [0.4, 0.5) is 0 Å². The molecule has 1 aliphatic heterocycles. The summed E-state index contributed by atoms with van der Waals surface area (Å²) in [6.45, 7) is 2.53. The molecule has 0 aromatic heterocycles. The number of benzene rings is 1. The smallest absolute Gasteiger partial charge is 0.231 e. The van der Waals surface area contributed by atoms with Crippen LogP contribution in [0.2, 0.25) is 0 Å². The summed E-state index contributed by atoms with van der Waals surface area (Å²) in [7, 11) is 0. The Morgan fingerprint density at radius 2 is 2.17 bits per heavy atom. The molecule has 1 unspecified atom stereocenters. The molecule has 0 aliphatic carbocycles. The molecule has 1 atom stereocenters. The van der Waals surface area contributed by atoms with Crippen molar-refractivity contribution in [1.29, 1.82) is 0 Å². The maximum atomic E-state index is 5.98. The molecule has 1 aromatic carbocycles. The van der Waals surface area contributed by atoms with Crippen molar-refractivity contribution in [3.05, 3.63) is 17.7 Å². The van der Waals surface area contributed by atoms with Gasteiger partial charge in [0, 0.05) is 12.1 Å². The molecule has 4 heteroatoms. The van der Waals surface area contributed by atoms with Gasteiger partial charge in [-0.2, -0.15) is 0 Å². The Kier molecular flexibility index (Phi) is 3.96. The van der Waals surface area contributed by atoms with E-state index in [9.17, 15) is 0 Å². The van der Waals surface area contributed by atoms with Gasteiger partial charge < -0.3 is 19.9 Å². The summed E-state index contributed by atoms with van der Waals surface area (Å²) in [6, 6.07) is 3.83. The number of nitrogens with two attached hydrogens (primary N) is 1. The lowest BCUT2D eigenvalue weighted by Gasteiger charge is -2.14. The van der Waals surface area contributed by atoms with Gasteiger partial charge in [0.15, 0.2) is 11.5 Å². The van der Waals surface area contributed by atoms with E-state index in [1.54, 1.807) is 0 Å². The van der Waals surface area contributed by atoms with E-state index in [1.807, 2.05) is 12.1 Å². The molecule has 0 radical (unpaired) electrons. The quantitative estimate of drug-likeness (QED) is 0.805. The Morgan fingerprint density at radius 1 is 1.44 bits per heavy atom. The van der Waals surface area contributed by atoms with Crippen LogP contribution >= 0.6 is 0 Å². The molecule has 1 heterocycles. The zero-order chi connectivity index (χ0) is 13.0. The number of terminal acetylenes is 1. The zero-order valence-electron chi connectivity index (χ0n) is 10.4. The topological polar surface area (TPSA) is 53.7 Å². The third-order valence-electron chi connectivity index (χ3n) is 2.87. The summed E-state index contributed by atoms with van der Waals surface area (Å²) in [5.41, 5.74) is 6.98. The first-order chi connectivity index (χ1) is 8.74. The molecule has 0 spiro atoms. The molecule has 18 heavy (non-hydrogen) atoms. The van der Waals surface area contributed by atoms with Crippen LogP contribution in [0, 0.1) is 12.3 Å². The summed E-state index contributed by atoms with van der Waals surface area (Å²) in [5, 5.41) is 0. The Morgan fingerprint density at radius 3 is 2.83 bits per heavy atom. The first-order valence-corrected chi connectivity index (χ1v) is 5.99. The molecule has 4 nitrogen and oxygen atoms in total. The lowest BCUT2D eigenvalue weighted by atomic mass is 10.0. The Bertz CT molecular complexity index is 465. The minimum Gasteiger partial charge on any atom is -0.481 e. The lowest BCUT2D eigenvalue weighted by Crippen LogP contribution is -2.21. The highest BCUT2D eigenvalue weighted by Gasteiger charge is 2.19. The van der Waals surface area contributed by atoms with E-state index >= 15 is 0 Å². The summed E-state index contributed by atoms with van der Waals surface area (Å²) in [4.78, 5) is 0. The van der Waals surface area contributed by atoms with Crippen molar-refractivity contribution >= 4 is 0 Å². The first-order valence-electron chi connectivity index (χ1n) is 5.99. The lowest BCUT2D eigenvalue weighted by molar-refractivity contribution is 0.174. The molecule has 1 aromatic rings. The maximum Gasteiger partial charge on any atom is 0.231 e. The van der Waals surface area contributed by atoms with Crippen LogP contribution in [0.3, 0.4) is 0 Å². The van der Waals surface area contributed by atoms with E-state index in [2.05, 4.69) is 12.8 Å². The highest BCUT2D eigenvalue weighted by molar-refractivity contribution is 5.52. The molecule has 0 bridgehead atoms. The first kappa shape index (κ1) is 12.6. The van der Waals surface area contributed by atoms with Gasteiger partial charge in [0.25, 0.3) is 0 Å². The van der Waals surface area contributed by atoms with Crippen molar-refractivity contribution in [2.45, 2.75) is 25.8 Å². The number of ether oxygens (including phenoxy) is 3. The van der Waals surface area contributed by atoms with E-state index in [-0.39, 0.29) is 19.4 Å². The predicted octanol–water partition coefficient (Wildman–Crippen LogP) is 1.71. The highest BCUT2D eigenvalue weighted by atomic mass is 16.7. The fourth-order valence-electron chi connectivity index (χ4n) is 1.81. The van der Waals surface area contributed by atoms with E-state index in [1.165, 1.54) is 0 Å². The molecule has 2 rings (SSSR count). The third kappa shape index (κ3) is 2.69. The van der Waals surface area contributed by atoms with Crippen LogP contribution < -0.4 is 19.9 Å². The van der Waals surface area contributed by atoms with Crippen molar-refractivity contribution in [3.8, 4) is 29.6 Å². The molecule has 1 aliphatic rings. The Labute approximate surface area is 107 Å². The summed E-state index contributed by atoms with van der Waals surface area (Å²) in [6.07, 6.45) is 6.85. The van der Waals surface area contributed by atoms with Crippen molar-refractivity contribution in [3.63, 3.8) is 0 Å². The third-order valence-corrected chi connectivity index (χ3v) is 2.87. The van der Waals surface area contributed by atoms with Gasteiger partial charge in [0.2, 0.25) is 6.79 Å². The number of hydrogen-bond donors (Lipinski definition) is 1. The summed E-state index contributed by atoms with van der Waals surface area (Å²) < 4.78 is 16.2. The van der Waals surface area contributed by atoms with E-state index in [4.69, 9.17) is 26.4 Å². The van der Waals surface area contributed by atoms with E-state index in [0.29, 0.717) is 5.75 Å². The van der Waals surface area contributed by atoms with Gasteiger partial charge in [-0.1, -0.05) is 12.8 Å². The minimum atomic E-state index is 0.0959. The summed E-state index contributed by atoms with van der Waals surface area (Å²) >= 11 is 0. The Hall–Kier alpha value is -1.86. The molecule has 0 amide bonds. The fraction of sp³-hybridized carbons (Fsp3) is 0.429. The monoisotopic (exact) mass is 247 g/mol. The van der Waals surface area contributed by atoms with Crippen molar-refractivity contribution in [1.82, 2.24) is 0 Å². The van der Waals surface area contributed by atoms with Gasteiger partial charge in [-0.3, -0.25) is 0 Å². The number of hydrogen-bond acceptors (Lipinski definition) is 4. The largest absolute Gasteiger partial charge is 0.481 e. The fourth-order valence-corrected chi connectivity index (χ4v) is 1.81. The normalized spacial score (nSPS) is 14.1. The molecular formula is C14H17NO3. The second-order valence-electron chi connectivity index (χ2n) is 4.18. The predicted molar refractivity (Wildman–Crippen MR) is 68.9 cm³/mol. The average molecular weight is 247 g/mol. The molecule has 0 saturated heterocycles. The standard InChI is InChI=1S/C14H17NO3/c1-3-5-16-12-8-14-13(17-9-18-14)7-10(12)6-11(15)4-2/h1,7-8,11H,4-6,9,15H2,2H3. The SMILES string of the molecule is C#CCOc1cc2c(cc1CC(N)CC)OCO2. The van der Waals surface area contributed by atoms with Crippen molar-refractivity contribution < 1.29 is 14.2 Å². The minimum absolute atomic E-state index is 0.0959. The molecule has 2 N–H and O–H groups in total. The Balaban J connectivity index is 2.26. The van der Waals surface area contributed by atoms with Crippen LogP contribution in [0.25, 0.3) is 0 Å². The average Bonchev–Trinajstić information content (AvgIpc) is 2.82. The van der Waals surface area contributed by atoms with Crippen LogP contribution in [0.5, 0.6) is 17.2 Å². The van der Waals surface area contributed by atoms with Gasteiger partial charge >= 0.3 is 0 Å². The van der Waals surface area contributed by atoms with Gasteiger partial charge in [-0.05, 0) is 24.5 Å². The van der Waals surface area contributed by atoms with E-state index in [0.717, 1.165) is 29.9 Å². The van der Waals surface area contributed by atoms with Gasteiger partial charge in [0.1, 0.15) is 12.4 Å². The number of fused-ring (bicyclic) bond motifs is 1. The van der Waals surface area contributed by atoms with Crippen LogP contribution in [0.1, 0.15) is 18.9 Å². The maximum absolute atomic E-state index is 5.98. The highest BCUT2D eigenvalue weighted by Crippen LogP contribution is 2.38. The van der Waals surface area contributed by atoms with E-state index < -0.39 is 0 Å².